The van der Waals surface area contributed by atoms with E-state index < -0.39 is 0 Å². The molecular formula is C23H24N2O2. The highest BCUT2D eigenvalue weighted by molar-refractivity contribution is 5.90. The number of amides is 1. The van der Waals surface area contributed by atoms with E-state index in [2.05, 4.69) is 30.4 Å². The van der Waals surface area contributed by atoms with Gasteiger partial charge in [-0.05, 0) is 52.4 Å². The molecule has 3 aromatic rings. The lowest BCUT2D eigenvalue weighted by atomic mass is 9.99. The van der Waals surface area contributed by atoms with Crippen LogP contribution in [0.25, 0.3) is 10.8 Å². The van der Waals surface area contributed by atoms with E-state index in [1.54, 1.807) is 6.21 Å². The van der Waals surface area contributed by atoms with Crippen molar-refractivity contribution in [3.8, 4) is 5.75 Å². The number of fused-ring (bicyclic) bond motifs is 1. The van der Waals surface area contributed by atoms with Crippen molar-refractivity contribution < 1.29 is 9.53 Å². The fraction of sp³-hybridized carbons (Fsp3) is 0.217. The van der Waals surface area contributed by atoms with Gasteiger partial charge in [0.25, 0.3) is 5.91 Å². The van der Waals surface area contributed by atoms with Gasteiger partial charge >= 0.3 is 0 Å². The summed E-state index contributed by atoms with van der Waals surface area (Å²) in [6.45, 7) is 4.28. The number of benzene rings is 3. The van der Waals surface area contributed by atoms with Crippen LogP contribution in [-0.2, 0) is 4.79 Å². The summed E-state index contributed by atoms with van der Waals surface area (Å²) in [5.74, 6) is 0.903. The first kappa shape index (κ1) is 18.6. The van der Waals surface area contributed by atoms with E-state index in [0.717, 1.165) is 17.4 Å². The summed E-state index contributed by atoms with van der Waals surface area (Å²) in [7, 11) is 0. The number of nitrogens with zero attached hydrogens (tertiary/aromatic N) is 1. The van der Waals surface area contributed by atoms with E-state index in [4.69, 9.17) is 4.74 Å². The van der Waals surface area contributed by atoms with Gasteiger partial charge in [0.2, 0.25) is 0 Å². The van der Waals surface area contributed by atoms with Gasteiger partial charge in [-0.25, -0.2) is 5.43 Å². The first-order chi connectivity index (χ1) is 13.2. The van der Waals surface area contributed by atoms with Crippen molar-refractivity contribution in [1.29, 1.82) is 0 Å². The number of ether oxygens (including phenoxy) is 1. The van der Waals surface area contributed by atoms with E-state index in [1.807, 2.05) is 60.7 Å². The summed E-state index contributed by atoms with van der Waals surface area (Å²) in [5, 5.41) is 6.31. The van der Waals surface area contributed by atoms with Crippen molar-refractivity contribution in [2.45, 2.75) is 26.2 Å². The third-order valence-corrected chi connectivity index (χ3v) is 4.61. The molecule has 0 aliphatic rings. The molecule has 0 aromatic heterocycles. The Balaban J connectivity index is 1.49. The van der Waals surface area contributed by atoms with Crippen LogP contribution in [0.2, 0.25) is 0 Å². The van der Waals surface area contributed by atoms with Crippen LogP contribution < -0.4 is 10.2 Å². The number of carbonyl (C=O) groups excluding carboxylic acids is 1. The quantitative estimate of drug-likeness (QED) is 0.482. The lowest BCUT2D eigenvalue weighted by Gasteiger charge is -2.10. The average molecular weight is 360 g/mol. The standard InChI is InChI=1S/C23H24N2O2/c1-3-17(2)19-10-12-22(13-11-19)27-16-23(26)25-24-15-18-8-9-20-6-4-5-7-21(20)14-18/h4-15,17H,3,16H2,1-2H3,(H,25,26)/b24-15-/t17-/m0/s1. The average Bonchev–Trinajstić information content (AvgIpc) is 2.72. The molecule has 0 heterocycles. The second kappa shape index (κ2) is 8.99. The Kier molecular flexibility index (Phi) is 6.21. The van der Waals surface area contributed by atoms with Gasteiger partial charge in [0.15, 0.2) is 6.61 Å². The zero-order valence-corrected chi connectivity index (χ0v) is 15.7. The summed E-state index contributed by atoms with van der Waals surface area (Å²) < 4.78 is 5.51. The van der Waals surface area contributed by atoms with Crippen LogP contribution in [0.1, 0.15) is 37.3 Å². The molecule has 0 bridgehead atoms. The number of hydrogen-bond acceptors (Lipinski definition) is 3. The molecule has 3 rings (SSSR count). The van der Waals surface area contributed by atoms with Gasteiger partial charge in [0, 0.05) is 0 Å². The molecule has 0 aliphatic heterocycles. The van der Waals surface area contributed by atoms with Gasteiger partial charge < -0.3 is 4.74 Å². The highest BCUT2D eigenvalue weighted by atomic mass is 16.5. The maximum absolute atomic E-state index is 11.9. The molecule has 0 saturated heterocycles. The monoisotopic (exact) mass is 360 g/mol. The van der Waals surface area contributed by atoms with Crippen LogP contribution in [0.3, 0.4) is 0 Å². The van der Waals surface area contributed by atoms with Crippen molar-refractivity contribution in [2.75, 3.05) is 6.61 Å². The Bertz CT molecular complexity index is 933. The van der Waals surface area contributed by atoms with E-state index in [1.165, 1.54) is 10.9 Å². The predicted molar refractivity (Wildman–Crippen MR) is 110 cm³/mol. The van der Waals surface area contributed by atoms with Crippen LogP contribution in [0.5, 0.6) is 5.75 Å². The molecule has 0 aliphatic carbocycles. The molecule has 27 heavy (non-hydrogen) atoms. The summed E-state index contributed by atoms with van der Waals surface area (Å²) in [6.07, 6.45) is 2.73. The van der Waals surface area contributed by atoms with Crippen LogP contribution in [0.4, 0.5) is 0 Å². The Labute approximate surface area is 159 Å². The minimum absolute atomic E-state index is 0.0717. The van der Waals surface area contributed by atoms with E-state index in [9.17, 15) is 4.79 Å². The highest BCUT2D eigenvalue weighted by Crippen LogP contribution is 2.21. The van der Waals surface area contributed by atoms with Gasteiger partial charge in [-0.2, -0.15) is 5.10 Å². The van der Waals surface area contributed by atoms with Crippen molar-refractivity contribution in [3.63, 3.8) is 0 Å². The third-order valence-electron chi connectivity index (χ3n) is 4.61. The number of carbonyl (C=O) groups is 1. The Morgan fingerprint density at radius 1 is 1.07 bits per heavy atom. The molecule has 1 atom stereocenters. The zero-order chi connectivity index (χ0) is 19.1. The molecule has 1 amide bonds. The fourth-order valence-corrected chi connectivity index (χ4v) is 2.78. The summed E-state index contributed by atoms with van der Waals surface area (Å²) in [4.78, 5) is 11.9. The molecule has 4 nitrogen and oxygen atoms in total. The fourth-order valence-electron chi connectivity index (χ4n) is 2.78. The SMILES string of the molecule is CC[C@H](C)c1ccc(OCC(=O)N/N=C\c2ccc3ccccc3c2)cc1. The van der Waals surface area contributed by atoms with Crippen LogP contribution in [0, 0.1) is 0 Å². The number of hydrazone groups is 1. The molecule has 3 aromatic carbocycles. The predicted octanol–water partition coefficient (Wildman–Crippen LogP) is 4.88. The van der Waals surface area contributed by atoms with Gasteiger partial charge in [-0.15, -0.1) is 0 Å². The first-order valence-electron chi connectivity index (χ1n) is 9.19. The Hall–Kier alpha value is -3.14. The molecule has 0 fully saturated rings. The largest absolute Gasteiger partial charge is 0.484 e. The normalized spacial score (nSPS) is 12.2. The first-order valence-corrected chi connectivity index (χ1v) is 9.19. The minimum atomic E-state index is -0.293. The second-order valence-corrected chi connectivity index (χ2v) is 6.57. The molecule has 0 spiro atoms. The van der Waals surface area contributed by atoms with Crippen molar-refractivity contribution in [1.82, 2.24) is 5.43 Å². The van der Waals surface area contributed by atoms with E-state index >= 15 is 0 Å². The summed E-state index contributed by atoms with van der Waals surface area (Å²) in [6, 6.07) is 22.0. The van der Waals surface area contributed by atoms with Crippen molar-refractivity contribution in [2.24, 2.45) is 5.10 Å². The summed E-state index contributed by atoms with van der Waals surface area (Å²) in [5.41, 5.74) is 4.69. The third kappa shape index (κ3) is 5.17. The molecule has 4 heteroatoms. The van der Waals surface area contributed by atoms with Crippen LogP contribution in [0.15, 0.2) is 71.8 Å². The number of hydrogen-bond donors (Lipinski definition) is 1. The number of rotatable bonds is 7. The maximum atomic E-state index is 11.9. The molecule has 0 saturated carbocycles. The minimum Gasteiger partial charge on any atom is -0.484 e. The van der Waals surface area contributed by atoms with E-state index in [0.29, 0.717) is 11.7 Å². The molecule has 0 radical (unpaired) electrons. The smallest absolute Gasteiger partial charge is 0.277 e. The van der Waals surface area contributed by atoms with Gasteiger partial charge in [0.1, 0.15) is 5.75 Å². The van der Waals surface area contributed by atoms with Crippen molar-refractivity contribution >= 4 is 22.9 Å². The lowest BCUT2D eigenvalue weighted by molar-refractivity contribution is -0.123. The van der Waals surface area contributed by atoms with Crippen LogP contribution in [-0.4, -0.2) is 18.7 Å². The summed E-state index contributed by atoms with van der Waals surface area (Å²) >= 11 is 0. The van der Waals surface area contributed by atoms with Gasteiger partial charge in [0.05, 0.1) is 6.21 Å². The zero-order valence-electron chi connectivity index (χ0n) is 15.7. The Morgan fingerprint density at radius 3 is 2.56 bits per heavy atom. The number of nitrogens with one attached hydrogen (secondary N) is 1. The molecule has 0 unspecified atom stereocenters. The topological polar surface area (TPSA) is 50.7 Å². The van der Waals surface area contributed by atoms with Gasteiger partial charge in [-0.3, -0.25) is 4.79 Å². The molecule has 1 N–H and O–H groups in total. The lowest BCUT2D eigenvalue weighted by Crippen LogP contribution is -2.24. The molecule has 138 valence electrons. The second-order valence-electron chi connectivity index (χ2n) is 6.57. The maximum Gasteiger partial charge on any atom is 0.277 e. The molecular weight excluding hydrogens is 336 g/mol. The Morgan fingerprint density at radius 2 is 1.81 bits per heavy atom. The van der Waals surface area contributed by atoms with Crippen LogP contribution >= 0.6 is 0 Å². The van der Waals surface area contributed by atoms with Gasteiger partial charge in [-0.1, -0.05) is 62.4 Å². The van der Waals surface area contributed by atoms with Crippen molar-refractivity contribution in [3.05, 3.63) is 77.9 Å². The highest BCUT2D eigenvalue weighted by Gasteiger charge is 2.04. The van der Waals surface area contributed by atoms with E-state index in [-0.39, 0.29) is 12.5 Å².